The molecule has 0 bridgehead atoms. The molecule has 0 aliphatic heterocycles. The van der Waals surface area contributed by atoms with Crippen LogP contribution in [0.15, 0.2) is 17.0 Å². The molecule has 9 heteroatoms. The Morgan fingerprint density at radius 3 is 2.33 bits per heavy atom. The third kappa shape index (κ3) is 5.80. The van der Waals surface area contributed by atoms with Crippen molar-refractivity contribution in [2.24, 2.45) is 5.14 Å². The van der Waals surface area contributed by atoms with Crippen molar-refractivity contribution in [1.29, 1.82) is 0 Å². The molecule has 21 heavy (non-hydrogen) atoms. The fourth-order valence-electron chi connectivity index (χ4n) is 1.45. The van der Waals surface area contributed by atoms with Crippen molar-refractivity contribution in [2.45, 2.75) is 24.7 Å². The predicted molar refractivity (Wildman–Crippen MR) is 82.2 cm³/mol. The highest BCUT2D eigenvalue weighted by Crippen LogP contribution is 2.33. The number of rotatable bonds is 7. The van der Waals surface area contributed by atoms with E-state index in [4.69, 9.17) is 33.1 Å². The Morgan fingerprint density at radius 2 is 1.86 bits per heavy atom. The molecule has 0 saturated heterocycles. The lowest BCUT2D eigenvalue weighted by Crippen LogP contribution is -2.16. The number of anilines is 1. The van der Waals surface area contributed by atoms with Gasteiger partial charge in [0, 0.05) is 6.61 Å². The van der Waals surface area contributed by atoms with Gasteiger partial charge in [-0.1, -0.05) is 30.1 Å². The van der Waals surface area contributed by atoms with Gasteiger partial charge in [0.25, 0.3) is 0 Å². The maximum Gasteiger partial charge on any atom is 0.238 e. The molecule has 1 amide bonds. The molecule has 1 aromatic carbocycles. The Kier molecular flexibility index (Phi) is 6.89. The van der Waals surface area contributed by atoms with E-state index < -0.39 is 10.0 Å². The van der Waals surface area contributed by atoms with E-state index in [-0.39, 0.29) is 39.6 Å². The van der Waals surface area contributed by atoms with Crippen molar-refractivity contribution >= 4 is 44.8 Å². The van der Waals surface area contributed by atoms with E-state index in [1.807, 2.05) is 6.92 Å². The number of halogens is 2. The van der Waals surface area contributed by atoms with Crippen LogP contribution in [0.1, 0.15) is 19.8 Å². The highest BCUT2D eigenvalue weighted by molar-refractivity contribution is 7.89. The number of nitrogens with one attached hydrogen (secondary N) is 1. The molecule has 118 valence electrons. The Morgan fingerprint density at radius 1 is 1.29 bits per heavy atom. The Bertz CT molecular complexity index is 597. The van der Waals surface area contributed by atoms with Crippen LogP contribution >= 0.6 is 23.2 Å². The molecule has 0 atom stereocenters. The minimum Gasteiger partial charge on any atom is -0.381 e. The molecule has 0 aliphatic rings. The first-order valence-electron chi connectivity index (χ1n) is 6.15. The first kappa shape index (κ1) is 18.2. The van der Waals surface area contributed by atoms with Gasteiger partial charge in [-0.05, 0) is 18.6 Å². The average molecular weight is 355 g/mol. The highest BCUT2D eigenvalue weighted by atomic mass is 35.5. The number of nitrogens with two attached hydrogens (primary N) is 1. The highest BCUT2D eigenvalue weighted by Gasteiger charge is 2.16. The summed E-state index contributed by atoms with van der Waals surface area (Å²) in [6.07, 6.45) is 1.01. The van der Waals surface area contributed by atoms with Crippen LogP contribution in [0.3, 0.4) is 0 Å². The van der Waals surface area contributed by atoms with Crippen molar-refractivity contribution < 1.29 is 17.9 Å². The van der Waals surface area contributed by atoms with Crippen LogP contribution in [0.25, 0.3) is 0 Å². The van der Waals surface area contributed by atoms with Crippen molar-refractivity contribution in [3.05, 3.63) is 22.2 Å². The molecule has 1 rings (SSSR count). The SMILES string of the molecule is CCCOCCC(=O)Nc1c(Cl)cc(S(N)(=O)=O)cc1Cl. The van der Waals surface area contributed by atoms with Crippen LogP contribution in [0, 0.1) is 0 Å². The van der Waals surface area contributed by atoms with Crippen molar-refractivity contribution in [3.63, 3.8) is 0 Å². The minimum atomic E-state index is -3.92. The number of sulfonamides is 1. The van der Waals surface area contributed by atoms with Gasteiger partial charge in [-0.3, -0.25) is 4.79 Å². The molecular formula is C12H16Cl2N2O4S. The summed E-state index contributed by atoms with van der Waals surface area (Å²) in [4.78, 5) is 11.5. The quantitative estimate of drug-likeness (QED) is 0.734. The topological polar surface area (TPSA) is 98.5 Å². The third-order valence-electron chi connectivity index (χ3n) is 2.43. The van der Waals surface area contributed by atoms with E-state index >= 15 is 0 Å². The summed E-state index contributed by atoms with van der Waals surface area (Å²) in [7, 11) is -3.92. The fourth-order valence-corrected chi connectivity index (χ4v) is 2.72. The number of ether oxygens (including phenoxy) is 1. The van der Waals surface area contributed by atoms with E-state index in [9.17, 15) is 13.2 Å². The van der Waals surface area contributed by atoms with Crippen molar-refractivity contribution in [1.82, 2.24) is 0 Å². The van der Waals surface area contributed by atoms with E-state index in [2.05, 4.69) is 5.32 Å². The summed E-state index contributed by atoms with van der Waals surface area (Å²) in [5.41, 5.74) is 0.145. The summed E-state index contributed by atoms with van der Waals surface area (Å²) in [5, 5.41) is 7.50. The van der Waals surface area contributed by atoms with Gasteiger partial charge in [-0.15, -0.1) is 0 Å². The van der Waals surface area contributed by atoms with Crippen LogP contribution in [0.2, 0.25) is 10.0 Å². The van der Waals surface area contributed by atoms with Crippen LogP contribution in [-0.2, 0) is 19.6 Å². The maximum atomic E-state index is 11.7. The predicted octanol–water partition coefficient (Wildman–Crippen LogP) is 2.40. The van der Waals surface area contributed by atoms with Crippen LogP contribution in [-0.4, -0.2) is 27.5 Å². The standard InChI is InChI=1S/C12H16Cl2N2O4S/c1-2-4-20-5-3-11(17)16-12-9(13)6-8(7-10(12)14)21(15,18)19/h6-7H,2-5H2,1H3,(H,16,17)(H2,15,18,19). The lowest BCUT2D eigenvalue weighted by Gasteiger charge is -2.11. The van der Waals surface area contributed by atoms with Crippen LogP contribution in [0.4, 0.5) is 5.69 Å². The first-order chi connectivity index (χ1) is 9.75. The van der Waals surface area contributed by atoms with E-state index in [1.54, 1.807) is 0 Å². The second kappa shape index (κ2) is 7.95. The van der Waals surface area contributed by atoms with E-state index in [0.717, 1.165) is 18.6 Å². The third-order valence-corrected chi connectivity index (χ3v) is 3.92. The van der Waals surface area contributed by atoms with E-state index in [0.29, 0.717) is 6.61 Å². The van der Waals surface area contributed by atoms with Gasteiger partial charge in [0.05, 0.1) is 33.7 Å². The van der Waals surface area contributed by atoms with Gasteiger partial charge >= 0.3 is 0 Å². The van der Waals surface area contributed by atoms with Crippen molar-refractivity contribution in [2.75, 3.05) is 18.5 Å². The Balaban J connectivity index is 2.78. The smallest absolute Gasteiger partial charge is 0.238 e. The molecule has 3 N–H and O–H groups in total. The van der Waals surface area contributed by atoms with Crippen molar-refractivity contribution in [3.8, 4) is 0 Å². The fraction of sp³-hybridized carbons (Fsp3) is 0.417. The zero-order chi connectivity index (χ0) is 16.0. The molecule has 0 unspecified atom stereocenters. The molecule has 0 saturated carbocycles. The molecule has 0 spiro atoms. The van der Waals surface area contributed by atoms with Crippen LogP contribution in [0.5, 0.6) is 0 Å². The summed E-state index contributed by atoms with van der Waals surface area (Å²) in [6.45, 7) is 2.83. The zero-order valence-electron chi connectivity index (χ0n) is 11.4. The number of amides is 1. The largest absolute Gasteiger partial charge is 0.381 e. The number of hydrogen-bond donors (Lipinski definition) is 2. The summed E-state index contributed by atoms with van der Waals surface area (Å²) in [6, 6.07) is 2.26. The molecule has 0 aromatic heterocycles. The average Bonchev–Trinajstić information content (AvgIpc) is 2.37. The molecule has 0 heterocycles. The lowest BCUT2D eigenvalue weighted by atomic mass is 10.3. The number of benzene rings is 1. The number of carbonyl (C=O) groups excluding carboxylic acids is 1. The van der Waals surface area contributed by atoms with Gasteiger partial charge in [0.1, 0.15) is 0 Å². The van der Waals surface area contributed by atoms with E-state index in [1.165, 1.54) is 0 Å². The van der Waals surface area contributed by atoms with Gasteiger partial charge < -0.3 is 10.1 Å². The number of primary sulfonamides is 1. The molecule has 0 fully saturated rings. The lowest BCUT2D eigenvalue weighted by molar-refractivity contribution is -0.117. The molecule has 0 radical (unpaired) electrons. The second-order valence-electron chi connectivity index (χ2n) is 4.22. The Labute approximate surface area is 133 Å². The molecule has 6 nitrogen and oxygen atoms in total. The maximum absolute atomic E-state index is 11.7. The molecular weight excluding hydrogens is 339 g/mol. The normalized spacial score (nSPS) is 11.4. The monoisotopic (exact) mass is 354 g/mol. The second-order valence-corrected chi connectivity index (χ2v) is 6.59. The number of carbonyl (C=O) groups is 1. The number of hydrogen-bond acceptors (Lipinski definition) is 4. The summed E-state index contributed by atoms with van der Waals surface area (Å²) >= 11 is 11.8. The minimum absolute atomic E-state index is 0.00523. The summed E-state index contributed by atoms with van der Waals surface area (Å²) in [5.74, 6) is -0.335. The molecule has 1 aromatic rings. The van der Waals surface area contributed by atoms with Crippen LogP contribution < -0.4 is 10.5 Å². The van der Waals surface area contributed by atoms with Gasteiger partial charge in [0.15, 0.2) is 0 Å². The summed E-state index contributed by atoms with van der Waals surface area (Å²) < 4.78 is 27.7. The van der Waals surface area contributed by atoms with Gasteiger partial charge in [-0.2, -0.15) is 0 Å². The van der Waals surface area contributed by atoms with Gasteiger partial charge in [-0.25, -0.2) is 13.6 Å². The first-order valence-corrected chi connectivity index (χ1v) is 8.45. The molecule has 0 aliphatic carbocycles. The Hall–Kier alpha value is -0.860. The van der Waals surface area contributed by atoms with Gasteiger partial charge in [0.2, 0.25) is 15.9 Å². The zero-order valence-corrected chi connectivity index (χ0v) is 13.7.